The van der Waals surface area contributed by atoms with Crippen LogP contribution in [0.2, 0.25) is 0 Å². The summed E-state index contributed by atoms with van der Waals surface area (Å²) in [5.74, 6) is 0.502. The number of hydrogen-bond donors (Lipinski definition) is 0. The fourth-order valence-corrected chi connectivity index (χ4v) is 2.80. The van der Waals surface area contributed by atoms with Crippen LogP contribution in [0.4, 0.5) is 0 Å². The summed E-state index contributed by atoms with van der Waals surface area (Å²) in [6.07, 6.45) is 3.87. The Labute approximate surface area is 103 Å². The van der Waals surface area contributed by atoms with Gasteiger partial charge in [0.25, 0.3) is 0 Å². The standard InChI is InChI=1S/C17H18/c1-13(14-6-3-2-4-7-14)16-11-10-15-8-5-9-17(15)12-16/h2-4,6-7,10-13H,5,8-9H2,1H3. The number of hydrogen-bond acceptors (Lipinski definition) is 0. The number of aryl methyl sites for hydroxylation is 2. The Bertz CT molecular complexity index is 511. The number of rotatable bonds is 2. The molecule has 0 aromatic heterocycles. The first kappa shape index (κ1) is 10.6. The van der Waals surface area contributed by atoms with E-state index in [0.29, 0.717) is 5.92 Å². The van der Waals surface area contributed by atoms with Crippen LogP contribution in [-0.4, -0.2) is 0 Å². The molecule has 0 heterocycles. The molecule has 0 saturated heterocycles. The molecule has 0 nitrogen and oxygen atoms in total. The molecule has 0 fully saturated rings. The van der Waals surface area contributed by atoms with E-state index in [0.717, 1.165) is 0 Å². The van der Waals surface area contributed by atoms with Crippen molar-refractivity contribution < 1.29 is 0 Å². The van der Waals surface area contributed by atoms with Crippen LogP contribution in [0.3, 0.4) is 0 Å². The van der Waals surface area contributed by atoms with Crippen LogP contribution in [0.15, 0.2) is 48.5 Å². The van der Waals surface area contributed by atoms with Gasteiger partial charge in [-0.3, -0.25) is 0 Å². The second-order valence-corrected chi connectivity index (χ2v) is 5.01. The first-order chi connectivity index (χ1) is 8.34. The lowest BCUT2D eigenvalue weighted by Gasteiger charge is -2.13. The van der Waals surface area contributed by atoms with Crippen molar-refractivity contribution in [2.45, 2.75) is 32.1 Å². The third-order valence-corrected chi connectivity index (χ3v) is 3.92. The van der Waals surface area contributed by atoms with Crippen molar-refractivity contribution in [1.82, 2.24) is 0 Å². The van der Waals surface area contributed by atoms with Gasteiger partial charge in [0.2, 0.25) is 0 Å². The summed E-state index contributed by atoms with van der Waals surface area (Å²) in [6, 6.07) is 17.8. The fourth-order valence-electron chi connectivity index (χ4n) is 2.80. The van der Waals surface area contributed by atoms with E-state index in [4.69, 9.17) is 0 Å². The molecular weight excluding hydrogens is 204 g/mol. The summed E-state index contributed by atoms with van der Waals surface area (Å²) in [6.45, 7) is 2.30. The molecule has 0 radical (unpaired) electrons. The molecule has 2 aromatic rings. The van der Waals surface area contributed by atoms with E-state index in [2.05, 4.69) is 55.5 Å². The summed E-state index contributed by atoms with van der Waals surface area (Å²) in [5, 5.41) is 0. The summed E-state index contributed by atoms with van der Waals surface area (Å²) in [5.41, 5.74) is 6.00. The molecule has 0 heteroatoms. The average Bonchev–Trinajstić information content (AvgIpc) is 2.86. The van der Waals surface area contributed by atoms with Gasteiger partial charge in [0.1, 0.15) is 0 Å². The summed E-state index contributed by atoms with van der Waals surface area (Å²) in [7, 11) is 0. The maximum absolute atomic E-state index is 2.42. The van der Waals surface area contributed by atoms with Gasteiger partial charge in [-0.1, -0.05) is 55.5 Å². The smallest absolute Gasteiger partial charge is 0.00611 e. The molecule has 86 valence electrons. The second-order valence-electron chi connectivity index (χ2n) is 5.01. The molecule has 1 atom stereocenters. The molecule has 1 unspecified atom stereocenters. The third kappa shape index (κ3) is 2.00. The predicted octanol–water partition coefficient (Wildman–Crippen LogP) is 4.33. The molecule has 0 N–H and O–H groups in total. The van der Waals surface area contributed by atoms with Crippen LogP contribution < -0.4 is 0 Å². The topological polar surface area (TPSA) is 0 Å². The van der Waals surface area contributed by atoms with E-state index in [1.54, 1.807) is 11.1 Å². The Morgan fingerprint density at radius 2 is 1.59 bits per heavy atom. The van der Waals surface area contributed by atoms with Crippen LogP contribution in [0.5, 0.6) is 0 Å². The fraction of sp³-hybridized carbons (Fsp3) is 0.294. The van der Waals surface area contributed by atoms with E-state index in [1.807, 2.05) is 0 Å². The van der Waals surface area contributed by atoms with Gasteiger partial charge >= 0.3 is 0 Å². The van der Waals surface area contributed by atoms with Gasteiger partial charge in [-0.15, -0.1) is 0 Å². The van der Waals surface area contributed by atoms with Gasteiger partial charge in [0.15, 0.2) is 0 Å². The van der Waals surface area contributed by atoms with E-state index >= 15 is 0 Å². The minimum atomic E-state index is 0.502. The SMILES string of the molecule is CC(c1ccccc1)c1ccc2c(c1)CCC2. The lowest BCUT2D eigenvalue weighted by atomic mass is 9.91. The molecular formula is C17H18. The van der Waals surface area contributed by atoms with Crippen LogP contribution in [0.25, 0.3) is 0 Å². The maximum atomic E-state index is 2.42. The number of fused-ring (bicyclic) bond motifs is 1. The molecule has 0 spiro atoms. The monoisotopic (exact) mass is 222 g/mol. The van der Waals surface area contributed by atoms with Crippen molar-refractivity contribution in [3.05, 3.63) is 70.8 Å². The molecule has 1 aliphatic rings. The van der Waals surface area contributed by atoms with Crippen molar-refractivity contribution in [2.75, 3.05) is 0 Å². The van der Waals surface area contributed by atoms with Gasteiger partial charge in [0, 0.05) is 5.92 Å². The predicted molar refractivity (Wildman–Crippen MR) is 72.4 cm³/mol. The van der Waals surface area contributed by atoms with E-state index in [1.165, 1.54) is 30.4 Å². The lowest BCUT2D eigenvalue weighted by Crippen LogP contribution is -1.97. The summed E-state index contributed by atoms with van der Waals surface area (Å²) >= 11 is 0. The Kier molecular flexibility index (Phi) is 2.72. The lowest BCUT2D eigenvalue weighted by molar-refractivity contribution is 0.905. The van der Waals surface area contributed by atoms with Crippen LogP contribution >= 0.6 is 0 Å². The molecule has 1 aliphatic carbocycles. The maximum Gasteiger partial charge on any atom is 0.00611 e. The quantitative estimate of drug-likeness (QED) is 0.709. The van der Waals surface area contributed by atoms with Gasteiger partial charge in [-0.2, -0.15) is 0 Å². The van der Waals surface area contributed by atoms with Crippen molar-refractivity contribution in [3.63, 3.8) is 0 Å². The minimum Gasteiger partial charge on any atom is -0.0622 e. The van der Waals surface area contributed by atoms with Gasteiger partial charge < -0.3 is 0 Å². The highest BCUT2D eigenvalue weighted by Gasteiger charge is 2.14. The van der Waals surface area contributed by atoms with Crippen LogP contribution in [-0.2, 0) is 12.8 Å². The largest absolute Gasteiger partial charge is 0.0622 e. The zero-order chi connectivity index (χ0) is 11.7. The third-order valence-electron chi connectivity index (χ3n) is 3.92. The second kappa shape index (κ2) is 4.37. The highest BCUT2D eigenvalue weighted by atomic mass is 14.2. The summed E-state index contributed by atoms with van der Waals surface area (Å²) in [4.78, 5) is 0. The normalized spacial score (nSPS) is 15.6. The van der Waals surface area contributed by atoms with Gasteiger partial charge in [0.05, 0.1) is 0 Å². The number of benzene rings is 2. The van der Waals surface area contributed by atoms with E-state index < -0.39 is 0 Å². The van der Waals surface area contributed by atoms with Crippen molar-refractivity contribution in [1.29, 1.82) is 0 Å². The Balaban J connectivity index is 1.94. The highest BCUT2D eigenvalue weighted by Crippen LogP contribution is 2.29. The van der Waals surface area contributed by atoms with Gasteiger partial charge in [-0.05, 0) is 41.5 Å². The first-order valence-corrected chi connectivity index (χ1v) is 6.51. The average molecular weight is 222 g/mol. The zero-order valence-electron chi connectivity index (χ0n) is 10.3. The first-order valence-electron chi connectivity index (χ1n) is 6.51. The van der Waals surface area contributed by atoms with E-state index in [9.17, 15) is 0 Å². The minimum absolute atomic E-state index is 0.502. The molecule has 17 heavy (non-hydrogen) atoms. The summed E-state index contributed by atoms with van der Waals surface area (Å²) < 4.78 is 0. The Morgan fingerprint density at radius 3 is 2.41 bits per heavy atom. The molecule has 3 rings (SSSR count). The van der Waals surface area contributed by atoms with Crippen LogP contribution in [0.1, 0.15) is 41.5 Å². The zero-order valence-corrected chi connectivity index (χ0v) is 10.3. The highest BCUT2D eigenvalue weighted by molar-refractivity contribution is 5.40. The van der Waals surface area contributed by atoms with Crippen LogP contribution in [0, 0.1) is 0 Å². The Morgan fingerprint density at radius 1 is 0.824 bits per heavy atom. The van der Waals surface area contributed by atoms with Crippen molar-refractivity contribution in [2.24, 2.45) is 0 Å². The van der Waals surface area contributed by atoms with Gasteiger partial charge in [-0.25, -0.2) is 0 Å². The molecule has 0 bridgehead atoms. The Hall–Kier alpha value is -1.56. The molecule has 2 aromatic carbocycles. The molecule has 0 saturated carbocycles. The molecule has 0 amide bonds. The van der Waals surface area contributed by atoms with E-state index in [-0.39, 0.29) is 0 Å². The van der Waals surface area contributed by atoms with Crippen molar-refractivity contribution >= 4 is 0 Å². The molecule has 0 aliphatic heterocycles. The van der Waals surface area contributed by atoms with Crippen molar-refractivity contribution in [3.8, 4) is 0 Å².